The zero-order chi connectivity index (χ0) is 39.7. The Bertz CT molecular complexity index is 947. The van der Waals surface area contributed by atoms with Crippen LogP contribution in [0.1, 0.15) is 206 Å². The number of rotatable bonds is 41. The van der Waals surface area contributed by atoms with Crippen LogP contribution in [-0.4, -0.2) is 71.3 Å². The summed E-state index contributed by atoms with van der Waals surface area (Å²) in [5.74, 6) is -2.74. The largest absolute Gasteiger partial charge is 0.481 e. The molecule has 0 aliphatic rings. The fraction of sp³-hybridized carbons (Fsp3) is 0.822. The average molecular weight is 764 g/mol. The van der Waals surface area contributed by atoms with Crippen molar-refractivity contribution in [2.45, 2.75) is 213 Å². The van der Waals surface area contributed by atoms with E-state index in [4.69, 9.17) is 9.47 Å². The second-order valence-electron chi connectivity index (χ2n) is 15.1. The molecular weight excluding hydrogens is 682 g/mol. The van der Waals surface area contributed by atoms with E-state index in [9.17, 15) is 29.4 Å². The Morgan fingerprint density at radius 2 is 0.833 bits per heavy atom. The molecule has 0 saturated heterocycles. The van der Waals surface area contributed by atoms with Gasteiger partial charge in [-0.2, -0.15) is 0 Å². The molecule has 0 radical (unpaired) electrons. The standard InChI is InChI=1S/C45H81NO8/c1-3-5-7-9-11-13-15-17-19-21-23-25-27-29-31-33-44(51)53-40-41(39-46(37-35-42(47)48)38-36-43(49)50)54-45(52)34-32-30-28-26-24-22-20-18-16-14-12-10-8-6-4-2/h17-20,41H,3-16,21-40H2,1-2H3,(H,47,48)(H,49,50)/b19-17+,20-18+. The smallest absolute Gasteiger partial charge is 0.306 e. The predicted octanol–water partition coefficient (Wildman–Crippen LogP) is 11.8. The van der Waals surface area contributed by atoms with Crippen LogP contribution in [0, 0.1) is 0 Å². The number of nitrogens with zero attached hydrogens (tertiary/aromatic N) is 1. The van der Waals surface area contributed by atoms with E-state index in [1.807, 2.05) is 0 Å². The van der Waals surface area contributed by atoms with E-state index in [0.29, 0.717) is 6.42 Å². The first-order valence-corrected chi connectivity index (χ1v) is 22.1. The van der Waals surface area contributed by atoms with Gasteiger partial charge in [0.25, 0.3) is 0 Å². The third-order valence-corrected chi connectivity index (χ3v) is 9.76. The summed E-state index contributed by atoms with van der Waals surface area (Å²) in [4.78, 5) is 49.4. The first-order chi connectivity index (χ1) is 26.3. The lowest BCUT2D eigenvalue weighted by Gasteiger charge is -2.26. The van der Waals surface area contributed by atoms with Crippen LogP contribution in [0.15, 0.2) is 24.3 Å². The zero-order valence-electron chi connectivity index (χ0n) is 34.7. The Labute approximate surface area is 330 Å². The molecule has 0 heterocycles. The maximum atomic E-state index is 12.8. The third kappa shape index (κ3) is 39.0. The van der Waals surface area contributed by atoms with Crippen LogP contribution >= 0.6 is 0 Å². The number of carbonyl (C=O) groups excluding carboxylic acids is 2. The lowest BCUT2D eigenvalue weighted by molar-refractivity contribution is -0.160. The normalized spacial score (nSPS) is 12.2. The van der Waals surface area contributed by atoms with Crippen molar-refractivity contribution >= 4 is 23.9 Å². The highest BCUT2D eigenvalue weighted by Gasteiger charge is 2.22. The summed E-state index contributed by atoms with van der Waals surface area (Å²) >= 11 is 0. The van der Waals surface area contributed by atoms with Crippen LogP contribution in [-0.2, 0) is 28.7 Å². The van der Waals surface area contributed by atoms with Crippen LogP contribution in [0.4, 0.5) is 0 Å². The van der Waals surface area contributed by atoms with Gasteiger partial charge < -0.3 is 19.7 Å². The molecule has 0 rings (SSSR count). The first-order valence-electron chi connectivity index (χ1n) is 22.1. The van der Waals surface area contributed by atoms with Gasteiger partial charge in [-0.25, -0.2) is 0 Å². The third-order valence-electron chi connectivity index (χ3n) is 9.76. The molecule has 0 bridgehead atoms. The highest BCUT2D eigenvalue weighted by atomic mass is 16.6. The molecule has 54 heavy (non-hydrogen) atoms. The molecule has 0 aliphatic heterocycles. The molecule has 0 aromatic rings. The molecule has 9 heteroatoms. The quantitative estimate of drug-likeness (QED) is 0.0355. The molecule has 1 unspecified atom stereocenters. The van der Waals surface area contributed by atoms with E-state index in [1.54, 1.807) is 4.90 Å². The van der Waals surface area contributed by atoms with E-state index in [-0.39, 0.29) is 63.9 Å². The van der Waals surface area contributed by atoms with Gasteiger partial charge in [0.1, 0.15) is 12.7 Å². The molecule has 0 saturated carbocycles. The molecule has 9 nitrogen and oxygen atoms in total. The summed E-state index contributed by atoms with van der Waals surface area (Å²) in [6, 6.07) is 0. The number of carbonyl (C=O) groups is 4. The van der Waals surface area contributed by atoms with Crippen molar-refractivity contribution in [3.63, 3.8) is 0 Å². The fourth-order valence-corrected chi connectivity index (χ4v) is 6.40. The molecule has 0 aliphatic carbocycles. The van der Waals surface area contributed by atoms with E-state index in [0.717, 1.165) is 70.6 Å². The van der Waals surface area contributed by atoms with Crippen LogP contribution in [0.2, 0.25) is 0 Å². The number of allylic oxidation sites excluding steroid dienone is 4. The van der Waals surface area contributed by atoms with Crippen LogP contribution < -0.4 is 0 Å². The summed E-state index contributed by atoms with van der Waals surface area (Å²) in [7, 11) is 0. The van der Waals surface area contributed by atoms with E-state index >= 15 is 0 Å². The predicted molar refractivity (Wildman–Crippen MR) is 221 cm³/mol. The summed E-state index contributed by atoms with van der Waals surface area (Å²) in [5.41, 5.74) is 0. The zero-order valence-corrected chi connectivity index (χ0v) is 34.7. The molecule has 2 N–H and O–H groups in total. The second kappa shape index (κ2) is 40.0. The van der Waals surface area contributed by atoms with Gasteiger partial charge >= 0.3 is 23.9 Å². The molecule has 0 spiro atoms. The minimum Gasteiger partial charge on any atom is -0.481 e. The Morgan fingerprint density at radius 3 is 1.22 bits per heavy atom. The fourth-order valence-electron chi connectivity index (χ4n) is 6.40. The van der Waals surface area contributed by atoms with Crippen molar-refractivity contribution in [1.29, 1.82) is 0 Å². The topological polar surface area (TPSA) is 130 Å². The number of hydrogen-bond donors (Lipinski definition) is 2. The number of esters is 2. The molecule has 0 aromatic heterocycles. The van der Waals surface area contributed by atoms with Gasteiger partial charge in [-0.1, -0.05) is 141 Å². The highest BCUT2D eigenvalue weighted by Crippen LogP contribution is 2.13. The number of ether oxygens (including phenoxy) is 2. The van der Waals surface area contributed by atoms with Crippen LogP contribution in [0.5, 0.6) is 0 Å². The van der Waals surface area contributed by atoms with Gasteiger partial charge in [0, 0.05) is 32.5 Å². The average Bonchev–Trinajstić information content (AvgIpc) is 3.14. The molecule has 1 atom stereocenters. The van der Waals surface area contributed by atoms with Crippen molar-refractivity contribution in [3.05, 3.63) is 24.3 Å². The van der Waals surface area contributed by atoms with E-state index in [2.05, 4.69) is 38.2 Å². The van der Waals surface area contributed by atoms with Crippen LogP contribution in [0.3, 0.4) is 0 Å². The monoisotopic (exact) mass is 764 g/mol. The molecule has 0 fully saturated rings. The maximum absolute atomic E-state index is 12.8. The van der Waals surface area contributed by atoms with Crippen molar-refractivity contribution in [2.24, 2.45) is 0 Å². The van der Waals surface area contributed by atoms with E-state index in [1.165, 1.54) is 89.9 Å². The molecule has 0 aromatic carbocycles. The number of aliphatic carboxylic acids is 2. The number of carboxylic acid groups (broad SMARTS) is 2. The summed E-state index contributed by atoms with van der Waals surface area (Å²) in [6.45, 7) is 4.66. The van der Waals surface area contributed by atoms with Gasteiger partial charge in [0.15, 0.2) is 0 Å². The Morgan fingerprint density at radius 1 is 0.481 bits per heavy atom. The van der Waals surface area contributed by atoms with Crippen LogP contribution in [0.25, 0.3) is 0 Å². The lowest BCUT2D eigenvalue weighted by Crippen LogP contribution is -2.40. The van der Waals surface area contributed by atoms with E-state index < -0.39 is 18.0 Å². The SMILES string of the molecule is CCCCCCCC/C=C/CCCCCCCC(=O)OCC(CN(CCC(=O)O)CCC(=O)O)OC(=O)CCCCCCC/C=C/CCCCCCCC. The minimum atomic E-state index is -1.00. The Kier molecular flexibility index (Phi) is 38.0. The molecular formula is C45H81NO8. The Balaban J connectivity index is 4.48. The number of hydrogen-bond acceptors (Lipinski definition) is 7. The van der Waals surface area contributed by atoms with Gasteiger partial charge in [-0.05, 0) is 64.2 Å². The second-order valence-corrected chi connectivity index (χ2v) is 15.1. The van der Waals surface area contributed by atoms with Crippen molar-refractivity contribution in [2.75, 3.05) is 26.2 Å². The van der Waals surface area contributed by atoms with Gasteiger partial charge in [-0.15, -0.1) is 0 Å². The summed E-state index contributed by atoms with van der Waals surface area (Å²) in [6.07, 6.45) is 39.0. The van der Waals surface area contributed by atoms with Crippen molar-refractivity contribution in [1.82, 2.24) is 4.90 Å². The first kappa shape index (κ1) is 51.3. The van der Waals surface area contributed by atoms with Gasteiger partial charge in [-0.3, -0.25) is 24.1 Å². The van der Waals surface area contributed by atoms with Gasteiger partial charge in [0.05, 0.1) is 12.8 Å². The lowest BCUT2D eigenvalue weighted by atomic mass is 10.1. The van der Waals surface area contributed by atoms with Crippen molar-refractivity contribution in [3.8, 4) is 0 Å². The molecule has 314 valence electrons. The number of unbranched alkanes of at least 4 members (excludes halogenated alkanes) is 22. The summed E-state index contributed by atoms with van der Waals surface area (Å²) in [5, 5.41) is 18.4. The number of carboxylic acids is 2. The molecule has 0 amide bonds. The Hall–Kier alpha value is -2.68. The van der Waals surface area contributed by atoms with Gasteiger partial charge in [0.2, 0.25) is 0 Å². The maximum Gasteiger partial charge on any atom is 0.306 e. The minimum absolute atomic E-state index is 0.0966. The highest BCUT2D eigenvalue weighted by molar-refractivity contribution is 5.70. The summed E-state index contributed by atoms with van der Waals surface area (Å²) < 4.78 is 11.2. The van der Waals surface area contributed by atoms with Crippen molar-refractivity contribution < 1.29 is 38.9 Å².